The van der Waals surface area contributed by atoms with Crippen LogP contribution in [0.25, 0.3) is 0 Å². The summed E-state index contributed by atoms with van der Waals surface area (Å²) in [5.74, 6) is 0.866. The summed E-state index contributed by atoms with van der Waals surface area (Å²) in [5, 5.41) is 10.9. The smallest absolute Gasteiger partial charge is 0.249 e. The Morgan fingerprint density at radius 2 is 1.90 bits per heavy atom. The normalized spacial score (nSPS) is 15.2. The van der Waals surface area contributed by atoms with Crippen molar-refractivity contribution in [3.8, 4) is 0 Å². The second kappa shape index (κ2) is 5.79. The number of halogens is 1. The molecule has 0 bridgehead atoms. The van der Waals surface area contributed by atoms with Crippen LogP contribution in [-0.4, -0.2) is 41.5 Å². The Morgan fingerprint density at radius 3 is 2.65 bits per heavy atom. The summed E-state index contributed by atoms with van der Waals surface area (Å²) in [6.07, 6.45) is 1.63. The standard InChI is InChI=1S/C13H14FN5O/c14-10-1-3-11(4-2-10)16-13-17-12(9-15-18-13)19-5-7-20-8-6-19/h1-4,9H,5-8H2,(H,16,17,18). The van der Waals surface area contributed by atoms with Crippen molar-refractivity contribution in [3.05, 3.63) is 36.3 Å². The molecule has 2 heterocycles. The summed E-state index contributed by atoms with van der Waals surface area (Å²) in [5.41, 5.74) is 0.715. The Morgan fingerprint density at radius 1 is 1.15 bits per heavy atom. The van der Waals surface area contributed by atoms with Gasteiger partial charge in [-0.2, -0.15) is 10.1 Å². The van der Waals surface area contributed by atoms with E-state index in [1.165, 1.54) is 12.1 Å². The Balaban J connectivity index is 1.75. The lowest BCUT2D eigenvalue weighted by atomic mass is 10.3. The summed E-state index contributed by atoms with van der Waals surface area (Å²) in [6.45, 7) is 2.94. The molecular weight excluding hydrogens is 261 g/mol. The topological polar surface area (TPSA) is 63.2 Å². The lowest BCUT2D eigenvalue weighted by molar-refractivity contribution is 0.122. The van der Waals surface area contributed by atoms with Crippen LogP contribution in [0.2, 0.25) is 0 Å². The SMILES string of the molecule is Fc1ccc(Nc2nncc(N3CCOCC3)n2)cc1. The van der Waals surface area contributed by atoms with Crippen molar-refractivity contribution in [2.45, 2.75) is 0 Å². The molecule has 0 atom stereocenters. The minimum absolute atomic E-state index is 0.281. The van der Waals surface area contributed by atoms with Crippen LogP contribution in [0.4, 0.5) is 21.8 Å². The van der Waals surface area contributed by atoms with Gasteiger partial charge in [0, 0.05) is 18.8 Å². The first-order valence-electron chi connectivity index (χ1n) is 6.36. The average Bonchev–Trinajstić information content (AvgIpc) is 2.51. The predicted octanol–water partition coefficient (Wildman–Crippen LogP) is 1.59. The van der Waals surface area contributed by atoms with Crippen molar-refractivity contribution in [2.24, 2.45) is 0 Å². The van der Waals surface area contributed by atoms with Gasteiger partial charge in [-0.1, -0.05) is 0 Å². The Kier molecular flexibility index (Phi) is 3.69. The maximum absolute atomic E-state index is 12.8. The molecule has 0 aliphatic carbocycles. The molecule has 1 saturated heterocycles. The Labute approximate surface area is 115 Å². The minimum Gasteiger partial charge on any atom is -0.378 e. The van der Waals surface area contributed by atoms with Crippen LogP contribution in [0.1, 0.15) is 0 Å². The van der Waals surface area contributed by atoms with Crippen LogP contribution < -0.4 is 10.2 Å². The first-order valence-corrected chi connectivity index (χ1v) is 6.36. The number of hydrogen-bond donors (Lipinski definition) is 1. The molecule has 104 valence electrons. The molecule has 6 nitrogen and oxygen atoms in total. The van der Waals surface area contributed by atoms with Crippen molar-refractivity contribution in [1.82, 2.24) is 15.2 Å². The Hall–Kier alpha value is -2.28. The highest BCUT2D eigenvalue weighted by Gasteiger charge is 2.13. The van der Waals surface area contributed by atoms with Gasteiger partial charge in [-0.15, -0.1) is 5.10 Å². The summed E-state index contributed by atoms with van der Waals surface area (Å²) in [7, 11) is 0. The Bertz CT molecular complexity index is 571. The molecule has 0 radical (unpaired) electrons. The van der Waals surface area contributed by atoms with Gasteiger partial charge in [0.15, 0.2) is 5.82 Å². The van der Waals surface area contributed by atoms with Crippen LogP contribution in [0.3, 0.4) is 0 Å². The number of nitrogens with zero attached hydrogens (tertiary/aromatic N) is 4. The average molecular weight is 275 g/mol. The van der Waals surface area contributed by atoms with Gasteiger partial charge in [0.05, 0.1) is 19.4 Å². The highest BCUT2D eigenvalue weighted by atomic mass is 19.1. The maximum atomic E-state index is 12.8. The van der Waals surface area contributed by atoms with E-state index in [1.54, 1.807) is 18.3 Å². The molecule has 1 aliphatic rings. The minimum atomic E-state index is -0.281. The van der Waals surface area contributed by atoms with Gasteiger partial charge in [0.1, 0.15) is 5.82 Å². The zero-order chi connectivity index (χ0) is 13.8. The quantitative estimate of drug-likeness (QED) is 0.917. The van der Waals surface area contributed by atoms with Gasteiger partial charge in [-0.05, 0) is 24.3 Å². The van der Waals surface area contributed by atoms with Gasteiger partial charge >= 0.3 is 0 Å². The number of ether oxygens (including phenoxy) is 1. The molecule has 0 unspecified atom stereocenters. The van der Waals surface area contributed by atoms with E-state index in [4.69, 9.17) is 4.74 Å². The van der Waals surface area contributed by atoms with Crippen LogP contribution >= 0.6 is 0 Å². The van der Waals surface area contributed by atoms with Crippen molar-refractivity contribution >= 4 is 17.5 Å². The van der Waals surface area contributed by atoms with Crippen molar-refractivity contribution in [3.63, 3.8) is 0 Å². The molecule has 20 heavy (non-hydrogen) atoms. The summed E-state index contributed by atoms with van der Waals surface area (Å²) in [6, 6.07) is 6.00. The highest BCUT2D eigenvalue weighted by Crippen LogP contribution is 2.16. The van der Waals surface area contributed by atoms with E-state index in [1.807, 2.05) is 0 Å². The fourth-order valence-electron chi connectivity index (χ4n) is 1.96. The lowest BCUT2D eigenvalue weighted by Crippen LogP contribution is -2.36. The van der Waals surface area contributed by atoms with Crippen molar-refractivity contribution in [2.75, 3.05) is 36.5 Å². The van der Waals surface area contributed by atoms with E-state index in [-0.39, 0.29) is 5.82 Å². The highest BCUT2D eigenvalue weighted by molar-refractivity contribution is 5.54. The zero-order valence-electron chi connectivity index (χ0n) is 10.8. The van der Waals surface area contributed by atoms with E-state index >= 15 is 0 Å². The third kappa shape index (κ3) is 3.00. The number of benzene rings is 1. The second-order valence-corrected chi connectivity index (χ2v) is 4.37. The molecule has 1 aromatic heterocycles. The van der Waals surface area contributed by atoms with E-state index in [0.717, 1.165) is 18.9 Å². The lowest BCUT2D eigenvalue weighted by Gasteiger charge is -2.27. The molecule has 3 rings (SSSR count). The molecule has 7 heteroatoms. The molecule has 0 amide bonds. The fourth-order valence-corrected chi connectivity index (χ4v) is 1.96. The maximum Gasteiger partial charge on any atom is 0.249 e. The molecule has 2 aromatic rings. The predicted molar refractivity (Wildman–Crippen MR) is 72.5 cm³/mol. The van der Waals surface area contributed by atoms with E-state index < -0.39 is 0 Å². The number of nitrogens with one attached hydrogen (secondary N) is 1. The number of aromatic nitrogens is 3. The summed E-state index contributed by atoms with van der Waals surface area (Å²) < 4.78 is 18.1. The van der Waals surface area contributed by atoms with Crippen LogP contribution in [0.5, 0.6) is 0 Å². The number of rotatable bonds is 3. The molecule has 1 fully saturated rings. The van der Waals surface area contributed by atoms with Crippen molar-refractivity contribution < 1.29 is 9.13 Å². The monoisotopic (exact) mass is 275 g/mol. The van der Waals surface area contributed by atoms with Crippen molar-refractivity contribution in [1.29, 1.82) is 0 Å². The molecule has 1 N–H and O–H groups in total. The van der Waals surface area contributed by atoms with Gasteiger partial charge in [0.2, 0.25) is 5.95 Å². The number of anilines is 3. The zero-order valence-corrected chi connectivity index (χ0v) is 10.8. The van der Waals surface area contributed by atoms with Crippen LogP contribution in [-0.2, 0) is 4.74 Å². The first kappa shape index (κ1) is 12.7. The van der Waals surface area contributed by atoms with E-state index in [2.05, 4.69) is 25.4 Å². The van der Waals surface area contributed by atoms with Gasteiger partial charge < -0.3 is 15.0 Å². The molecule has 1 aromatic carbocycles. The van der Waals surface area contributed by atoms with E-state index in [9.17, 15) is 4.39 Å². The molecule has 0 spiro atoms. The number of morpholine rings is 1. The fraction of sp³-hybridized carbons (Fsp3) is 0.308. The molecular formula is C13H14FN5O. The third-order valence-corrected chi connectivity index (χ3v) is 2.98. The number of hydrogen-bond acceptors (Lipinski definition) is 6. The van der Waals surface area contributed by atoms with Crippen LogP contribution in [0.15, 0.2) is 30.5 Å². The van der Waals surface area contributed by atoms with Gasteiger partial charge in [-0.3, -0.25) is 0 Å². The van der Waals surface area contributed by atoms with E-state index in [0.29, 0.717) is 24.8 Å². The molecule has 1 aliphatic heterocycles. The van der Waals surface area contributed by atoms with Gasteiger partial charge in [0.25, 0.3) is 0 Å². The molecule has 0 saturated carbocycles. The van der Waals surface area contributed by atoms with Gasteiger partial charge in [-0.25, -0.2) is 4.39 Å². The summed E-state index contributed by atoms with van der Waals surface area (Å²) >= 11 is 0. The largest absolute Gasteiger partial charge is 0.378 e. The second-order valence-electron chi connectivity index (χ2n) is 4.37. The summed E-state index contributed by atoms with van der Waals surface area (Å²) in [4.78, 5) is 6.50. The third-order valence-electron chi connectivity index (χ3n) is 2.98. The van der Waals surface area contributed by atoms with Crippen LogP contribution in [0, 0.1) is 5.82 Å². The first-order chi connectivity index (χ1) is 9.81.